The number of nitrogens with two attached hydrogens (primary N) is 1. The second kappa shape index (κ2) is 6.86. The summed E-state index contributed by atoms with van der Waals surface area (Å²) < 4.78 is 0. The number of rotatable bonds is 6. The highest BCUT2D eigenvalue weighted by molar-refractivity contribution is 5.56. The van der Waals surface area contributed by atoms with E-state index in [9.17, 15) is 0 Å². The fourth-order valence-corrected chi connectivity index (χ4v) is 1.40. The SMILES string of the molecule is N#Cc1ccccc1NCCCCCN. The lowest BCUT2D eigenvalue weighted by atomic mass is 10.2. The van der Waals surface area contributed by atoms with Crippen molar-refractivity contribution in [2.45, 2.75) is 19.3 Å². The van der Waals surface area contributed by atoms with Gasteiger partial charge in [-0.05, 0) is 31.5 Å². The average Bonchev–Trinajstić information content (AvgIpc) is 2.29. The van der Waals surface area contributed by atoms with Crippen LogP contribution in [0, 0.1) is 11.3 Å². The van der Waals surface area contributed by atoms with Crippen LogP contribution in [0.25, 0.3) is 0 Å². The van der Waals surface area contributed by atoms with Crippen molar-refractivity contribution in [3.8, 4) is 6.07 Å². The maximum Gasteiger partial charge on any atom is 0.101 e. The van der Waals surface area contributed by atoms with Crippen molar-refractivity contribution in [3.05, 3.63) is 29.8 Å². The standard InChI is InChI=1S/C12H17N3/c13-8-4-1-5-9-15-12-7-3-2-6-11(12)10-14/h2-3,6-7,15H,1,4-5,8-9,13H2. The molecule has 0 aromatic heterocycles. The van der Waals surface area contributed by atoms with E-state index in [2.05, 4.69) is 11.4 Å². The van der Waals surface area contributed by atoms with Crippen LogP contribution in [0.2, 0.25) is 0 Å². The van der Waals surface area contributed by atoms with E-state index in [1.54, 1.807) is 0 Å². The molecule has 0 bridgehead atoms. The maximum atomic E-state index is 8.85. The minimum Gasteiger partial charge on any atom is -0.384 e. The normalized spacial score (nSPS) is 9.60. The number of unbranched alkanes of at least 4 members (excludes halogenated alkanes) is 2. The first-order valence-electron chi connectivity index (χ1n) is 5.31. The molecular weight excluding hydrogens is 186 g/mol. The van der Waals surface area contributed by atoms with Gasteiger partial charge in [0.1, 0.15) is 6.07 Å². The molecule has 3 N–H and O–H groups in total. The molecule has 0 saturated heterocycles. The lowest BCUT2D eigenvalue weighted by molar-refractivity contribution is 0.707. The van der Waals surface area contributed by atoms with E-state index in [-0.39, 0.29) is 0 Å². The van der Waals surface area contributed by atoms with Crippen LogP contribution >= 0.6 is 0 Å². The van der Waals surface area contributed by atoms with Crippen molar-refractivity contribution in [2.24, 2.45) is 5.73 Å². The van der Waals surface area contributed by atoms with Gasteiger partial charge in [-0.25, -0.2) is 0 Å². The molecule has 0 fully saturated rings. The molecule has 80 valence electrons. The number of nitriles is 1. The van der Waals surface area contributed by atoms with Gasteiger partial charge in [-0.3, -0.25) is 0 Å². The molecule has 0 heterocycles. The molecule has 1 rings (SSSR count). The van der Waals surface area contributed by atoms with Crippen molar-refractivity contribution in [1.82, 2.24) is 0 Å². The van der Waals surface area contributed by atoms with Crippen LogP contribution in [0.3, 0.4) is 0 Å². The Kier molecular flexibility index (Phi) is 5.28. The monoisotopic (exact) mass is 203 g/mol. The summed E-state index contributed by atoms with van der Waals surface area (Å²) in [5.74, 6) is 0. The lowest BCUT2D eigenvalue weighted by Crippen LogP contribution is -2.04. The smallest absolute Gasteiger partial charge is 0.101 e. The summed E-state index contributed by atoms with van der Waals surface area (Å²) in [6.07, 6.45) is 3.30. The second-order valence-corrected chi connectivity index (χ2v) is 3.43. The fraction of sp³-hybridized carbons (Fsp3) is 0.417. The summed E-state index contributed by atoms with van der Waals surface area (Å²) in [5.41, 5.74) is 7.03. The first-order valence-corrected chi connectivity index (χ1v) is 5.31. The third-order valence-electron chi connectivity index (χ3n) is 2.24. The highest BCUT2D eigenvalue weighted by Gasteiger charge is 1.98. The van der Waals surface area contributed by atoms with Gasteiger partial charge in [0.15, 0.2) is 0 Å². The van der Waals surface area contributed by atoms with E-state index in [0.29, 0.717) is 5.56 Å². The Morgan fingerprint density at radius 2 is 2.00 bits per heavy atom. The molecule has 1 aromatic carbocycles. The van der Waals surface area contributed by atoms with E-state index in [1.807, 2.05) is 24.3 Å². The average molecular weight is 203 g/mol. The Labute approximate surface area is 90.9 Å². The van der Waals surface area contributed by atoms with E-state index in [1.165, 1.54) is 0 Å². The van der Waals surface area contributed by atoms with Gasteiger partial charge in [-0.1, -0.05) is 18.6 Å². The summed E-state index contributed by atoms with van der Waals surface area (Å²) in [6, 6.07) is 9.73. The maximum absolute atomic E-state index is 8.85. The van der Waals surface area contributed by atoms with E-state index >= 15 is 0 Å². The van der Waals surface area contributed by atoms with Gasteiger partial charge in [0.05, 0.1) is 11.3 Å². The van der Waals surface area contributed by atoms with Gasteiger partial charge in [0.25, 0.3) is 0 Å². The molecule has 0 spiro atoms. The minimum atomic E-state index is 0.705. The number of hydrogen-bond acceptors (Lipinski definition) is 3. The quantitative estimate of drug-likeness (QED) is 0.696. The predicted octanol–water partition coefficient (Wildman–Crippen LogP) is 2.10. The number of anilines is 1. The van der Waals surface area contributed by atoms with Crippen LogP contribution in [-0.2, 0) is 0 Å². The molecular formula is C12H17N3. The van der Waals surface area contributed by atoms with E-state index in [4.69, 9.17) is 11.0 Å². The molecule has 0 amide bonds. The van der Waals surface area contributed by atoms with Gasteiger partial charge >= 0.3 is 0 Å². The Hall–Kier alpha value is -1.53. The van der Waals surface area contributed by atoms with Gasteiger partial charge in [-0.15, -0.1) is 0 Å². The van der Waals surface area contributed by atoms with Crippen LogP contribution in [0.1, 0.15) is 24.8 Å². The predicted molar refractivity (Wildman–Crippen MR) is 62.6 cm³/mol. The molecule has 0 saturated carbocycles. The Morgan fingerprint density at radius 3 is 2.73 bits per heavy atom. The van der Waals surface area contributed by atoms with Gasteiger partial charge < -0.3 is 11.1 Å². The van der Waals surface area contributed by atoms with Gasteiger partial charge in [0, 0.05) is 6.54 Å². The second-order valence-electron chi connectivity index (χ2n) is 3.43. The van der Waals surface area contributed by atoms with Crippen molar-refractivity contribution >= 4 is 5.69 Å². The Balaban J connectivity index is 2.34. The van der Waals surface area contributed by atoms with E-state index < -0.39 is 0 Å². The lowest BCUT2D eigenvalue weighted by Gasteiger charge is -2.07. The highest BCUT2D eigenvalue weighted by atomic mass is 14.9. The summed E-state index contributed by atoms with van der Waals surface area (Å²) in [7, 11) is 0. The summed E-state index contributed by atoms with van der Waals surface area (Å²) in [6.45, 7) is 1.66. The number of benzene rings is 1. The van der Waals surface area contributed by atoms with Crippen molar-refractivity contribution in [1.29, 1.82) is 5.26 Å². The van der Waals surface area contributed by atoms with Gasteiger partial charge in [-0.2, -0.15) is 5.26 Å². The van der Waals surface area contributed by atoms with Crippen molar-refractivity contribution < 1.29 is 0 Å². The van der Waals surface area contributed by atoms with E-state index in [0.717, 1.165) is 38.0 Å². The van der Waals surface area contributed by atoms with Gasteiger partial charge in [0.2, 0.25) is 0 Å². The highest BCUT2D eigenvalue weighted by Crippen LogP contribution is 2.13. The summed E-state index contributed by atoms with van der Waals surface area (Å²) >= 11 is 0. The first kappa shape index (κ1) is 11.5. The van der Waals surface area contributed by atoms with Crippen LogP contribution in [0.5, 0.6) is 0 Å². The molecule has 3 heteroatoms. The van der Waals surface area contributed by atoms with Crippen LogP contribution in [-0.4, -0.2) is 13.1 Å². The first-order chi connectivity index (χ1) is 7.38. The van der Waals surface area contributed by atoms with Crippen molar-refractivity contribution in [3.63, 3.8) is 0 Å². The summed E-state index contributed by atoms with van der Waals surface area (Å²) in [5, 5.41) is 12.1. The molecule has 0 aliphatic carbocycles. The third-order valence-corrected chi connectivity index (χ3v) is 2.24. The molecule has 0 aliphatic rings. The number of nitrogens with one attached hydrogen (secondary N) is 1. The molecule has 3 nitrogen and oxygen atoms in total. The van der Waals surface area contributed by atoms with Crippen molar-refractivity contribution in [2.75, 3.05) is 18.4 Å². The zero-order valence-electron chi connectivity index (χ0n) is 8.87. The number of nitrogens with zero attached hydrogens (tertiary/aromatic N) is 1. The number of hydrogen-bond donors (Lipinski definition) is 2. The zero-order chi connectivity index (χ0) is 10.9. The molecule has 0 aliphatic heterocycles. The minimum absolute atomic E-state index is 0.705. The molecule has 0 unspecified atom stereocenters. The number of para-hydroxylation sites is 1. The van der Waals surface area contributed by atoms with Crippen LogP contribution < -0.4 is 11.1 Å². The summed E-state index contributed by atoms with van der Waals surface area (Å²) in [4.78, 5) is 0. The van der Waals surface area contributed by atoms with Crippen LogP contribution in [0.15, 0.2) is 24.3 Å². The topological polar surface area (TPSA) is 61.8 Å². The molecule has 15 heavy (non-hydrogen) atoms. The third kappa shape index (κ3) is 4.01. The molecule has 0 radical (unpaired) electrons. The largest absolute Gasteiger partial charge is 0.384 e. The fourth-order valence-electron chi connectivity index (χ4n) is 1.40. The Bertz CT molecular complexity index is 328. The molecule has 1 aromatic rings. The molecule has 0 atom stereocenters. The van der Waals surface area contributed by atoms with Crippen LogP contribution in [0.4, 0.5) is 5.69 Å². The Morgan fingerprint density at radius 1 is 1.20 bits per heavy atom. The zero-order valence-corrected chi connectivity index (χ0v) is 8.87.